The lowest BCUT2D eigenvalue weighted by Crippen LogP contribution is -2.32. The zero-order chi connectivity index (χ0) is 15.9. The number of carbonyl (C=O) groups excluding carboxylic acids is 1. The van der Waals surface area contributed by atoms with E-state index >= 15 is 0 Å². The number of carbonyl (C=O) groups is 1. The molecule has 118 valence electrons. The number of nitrogens with zero attached hydrogens (tertiary/aromatic N) is 1. The van der Waals surface area contributed by atoms with Crippen molar-refractivity contribution < 1.29 is 17.9 Å². The van der Waals surface area contributed by atoms with Crippen molar-refractivity contribution in [2.45, 2.75) is 31.6 Å². The average Bonchev–Trinajstić information content (AvgIpc) is 2.47. The van der Waals surface area contributed by atoms with Gasteiger partial charge in [-0.25, -0.2) is 13.2 Å². The Bertz CT molecular complexity index is 551. The average molecular weight is 425 g/mol. The predicted molar refractivity (Wildman–Crippen MR) is 90.1 cm³/mol. The highest BCUT2D eigenvalue weighted by Gasteiger charge is 2.23. The molecule has 7 heteroatoms. The van der Waals surface area contributed by atoms with Crippen LogP contribution in [0.3, 0.4) is 0 Å². The molecule has 1 rings (SSSR count). The molecule has 5 nitrogen and oxygen atoms in total. The predicted octanol–water partition coefficient (Wildman–Crippen LogP) is 3.05. The van der Waals surface area contributed by atoms with Gasteiger partial charge in [0.25, 0.3) is 0 Å². The molecular weight excluding hydrogens is 405 g/mol. The maximum atomic E-state index is 12.5. The lowest BCUT2D eigenvalue weighted by Gasteiger charge is -2.21. The van der Waals surface area contributed by atoms with Gasteiger partial charge < -0.3 is 4.74 Å². The third kappa shape index (κ3) is 4.93. The molecule has 0 radical (unpaired) electrons. The molecule has 0 unspecified atom stereocenters. The number of esters is 1. The molecule has 0 heterocycles. The van der Waals surface area contributed by atoms with Gasteiger partial charge in [0, 0.05) is 13.1 Å². The lowest BCUT2D eigenvalue weighted by atomic mass is 10.2. The van der Waals surface area contributed by atoms with Crippen LogP contribution in [0.2, 0.25) is 0 Å². The molecular formula is C14H20INO4S. The van der Waals surface area contributed by atoms with Crippen LogP contribution in [0, 0.1) is 0 Å². The van der Waals surface area contributed by atoms with E-state index in [-0.39, 0.29) is 9.51 Å². The van der Waals surface area contributed by atoms with Gasteiger partial charge in [-0.1, -0.05) is 13.8 Å². The molecule has 1 aromatic rings. The monoisotopic (exact) mass is 425 g/mol. The van der Waals surface area contributed by atoms with Crippen molar-refractivity contribution in [3.05, 3.63) is 29.8 Å². The summed E-state index contributed by atoms with van der Waals surface area (Å²) in [6, 6.07) is 5.88. The summed E-state index contributed by atoms with van der Waals surface area (Å²) >= 11 is 1.93. The zero-order valence-corrected chi connectivity index (χ0v) is 15.2. The Balaban J connectivity index is 3.00. The van der Waals surface area contributed by atoms with Crippen LogP contribution in [-0.2, 0) is 14.8 Å². The molecule has 0 bridgehead atoms. The van der Waals surface area contributed by atoms with Crippen molar-refractivity contribution in [1.82, 2.24) is 4.31 Å². The standard InChI is InChI=1S/C14H20INO4S/c1-3-9-16(10-4-2)21(18,19)13-7-5-12(6-8-13)14(17)20-11-15/h5-8H,3-4,9-11H2,1-2H3. The Morgan fingerprint density at radius 2 is 1.67 bits per heavy atom. The van der Waals surface area contributed by atoms with E-state index in [0.29, 0.717) is 18.7 Å². The van der Waals surface area contributed by atoms with Gasteiger partial charge in [0.2, 0.25) is 10.0 Å². The van der Waals surface area contributed by atoms with Crippen molar-refractivity contribution in [3.63, 3.8) is 0 Å². The number of hydrogen-bond acceptors (Lipinski definition) is 4. The van der Waals surface area contributed by atoms with Crippen LogP contribution in [0.15, 0.2) is 29.2 Å². The fourth-order valence-electron chi connectivity index (χ4n) is 1.90. The summed E-state index contributed by atoms with van der Waals surface area (Å²) in [6.07, 6.45) is 1.53. The second kappa shape index (κ2) is 8.70. The van der Waals surface area contributed by atoms with Crippen LogP contribution < -0.4 is 0 Å². The Morgan fingerprint density at radius 3 is 2.10 bits per heavy atom. The minimum absolute atomic E-state index is 0.204. The van der Waals surface area contributed by atoms with Crippen LogP contribution in [0.5, 0.6) is 0 Å². The van der Waals surface area contributed by atoms with Gasteiger partial charge in [-0.05, 0) is 59.7 Å². The second-order valence-corrected chi connectivity index (χ2v) is 7.03. The van der Waals surface area contributed by atoms with Gasteiger partial charge in [0.15, 0.2) is 0 Å². The van der Waals surface area contributed by atoms with Crippen LogP contribution in [0.25, 0.3) is 0 Å². The highest BCUT2D eigenvalue weighted by molar-refractivity contribution is 14.1. The molecule has 0 atom stereocenters. The van der Waals surface area contributed by atoms with E-state index in [0.717, 1.165) is 12.8 Å². The molecule has 21 heavy (non-hydrogen) atoms. The van der Waals surface area contributed by atoms with Gasteiger partial charge in [-0.15, -0.1) is 0 Å². The molecule has 0 spiro atoms. The van der Waals surface area contributed by atoms with Crippen LogP contribution in [0.4, 0.5) is 0 Å². The van der Waals surface area contributed by atoms with E-state index in [4.69, 9.17) is 4.74 Å². The highest BCUT2D eigenvalue weighted by Crippen LogP contribution is 2.17. The van der Waals surface area contributed by atoms with Gasteiger partial charge in [-0.2, -0.15) is 4.31 Å². The number of alkyl halides is 1. The third-order valence-electron chi connectivity index (χ3n) is 2.86. The van der Waals surface area contributed by atoms with Crippen LogP contribution in [0.1, 0.15) is 37.0 Å². The van der Waals surface area contributed by atoms with E-state index in [1.807, 2.05) is 36.4 Å². The molecule has 0 saturated carbocycles. The lowest BCUT2D eigenvalue weighted by molar-refractivity contribution is 0.0590. The largest absolute Gasteiger partial charge is 0.451 e. The smallest absolute Gasteiger partial charge is 0.338 e. The first kappa shape index (κ1) is 18.4. The maximum Gasteiger partial charge on any atom is 0.338 e. The minimum Gasteiger partial charge on any atom is -0.451 e. The Morgan fingerprint density at radius 1 is 1.14 bits per heavy atom. The van der Waals surface area contributed by atoms with E-state index in [2.05, 4.69) is 0 Å². The summed E-state index contributed by atoms with van der Waals surface area (Å²) in [4.78, 5) is 11.8. The molecule has 0 aliphatic rings. The van der Waals surface area contributed by atoms with Crippen molar-refractivity contribution in [1.29, 1.82) is 0 Å². The molecule has 0 fully saturated rings. The Labute approximate surface area is 139 Å². The third-order valence-corrected chi connectivity index (χ3v) is 5.08. The number of rotatable bonds is 8. The highest BCUT2D eigenvalue weighted by atomic mass is 127. The van der Waals surface area contributed by atoms with Gasteiger partial charge in [0.1, 0.15) is 4.61 Å². The fraction of sp³-hybridized carbons (Fsp3) is 0.500. The summed E-state index contributed by atoms with van der Waals surface area (Å²) in [7, 11) is -3.50. The van der Waals surface area contributed by atoms with E-state index < -0.39 is 16.0 Å². The summed E-state index contributed by atoms with van der Waals surface area (Å²) in [5, 5.41) is 0. The molecule has 0 saturated heterocycles. The van der Waals surface area contributed by atoms with Gasteiger partial charge in [0.05, 0.1) is 10.5 Å². The Hall–Kier alpha value is -0.670. The number of halogens is 1. The molecule has 0 amide bonds. The first-order valence-electron chi connectivity index (χ1n) is 6.80. The topological polar surface area (TPSA) is 63.7 Å². The summed E-state index contributed by atoms with van der Waals surface area (Å²) < 4.78 is 31.7. The quantitative estimate of drug-likeness (QED) is 0.365. The van der Waals surface area contributed by atoms with E-state index in [1.54, 1.807) is 0 Å². The zero-order valence-electron chi connectivity index (χ0n) is 12.2. The number of ether oxygens (including phenoxy) is 1. The fourth-order valence-corrected chi connectivity index (χ4v) is 3.80. The van der Waals surface area contributed by atoms with E-state index in [9.17, 15) is 13.2 Å². The molecule has 0 N–H and O–H groups in total. The molecule has 0 aliphatic carbocycles. The first-order valence-corrected chi connectivity index (χ1v) is 9.77. The van der Waals surface area contributed by atoms with Crippen molar-refractivity contribution >= 4 is 38.6 Å². The van der Waals surface area contributed by atoms with E-state index in [1.165, 1.54) is 28.6 Å². The summed E-state index contributed by atoms with van der Waals surface area (Å²) in [5.41, 5.74) is 0.350. The first-order chi connectivity index (χ1) is 9.97. The molecule has 0 aromatic heterocycles. The number of benzene rings is 1. The number of hydrogen-bond donors (Lipinski definition) is 0. The van der Waals surface area contributed by atoms with Crippen molar-refractivity contribution in [2.75, 3.05) is 17.7 Å². The molecule has 0 aliphatic heterocycles. The van der Waals surface area contributed by atoms with Crippen LogP contribution in [-0.4, -0.2) is 36.4 Å². The SMILES string of the molecule is CCCN(CCC)S(=O)(=O)c1ccc(C(=O)OCI)cc1. The number of sulfonamides is 1. The van der Waals surface area contributed by atoms with Crippen molar-refractivity contribution in [3.8, 4) is 0 Å². The molecule has 1 aromatic carbocycles. The second-order valence-electron chi connectivity index (χ2n) is 4.47. The van der Waals surface area contributed by atoms with Gasteiger partial charge >= 0.3 is 5.97 Å². The van der Waals surface area contributed by atoms with Crippen LogP contribution >= 0.6 is 22.6 Å². The maximum absolute atomic E-state index is 12.5. The van der Waals surface area contributed by atoms with Crippen molar-refractivity contribution in [2.24, 2.45) is 0 Å². The summed E-state index contributed by atoms with van der Waals surface area (Å²) in [5.74, 6) is -0.452. The minimum atomic E-state index is -3.50. The normalized spacial score (nSPS) is 11.6. The Kier molecular flexibility index (Phi) is 7.61. The summed E-state index contributed by atoms with van der Waals surface area (Å²) in [6.45, 7) is 4.88. The van der Waals surface area contributed by atoms with Gasteiger partial charge in [-0.3, -0.25) is 0 Å².